The van der Waals surface area contributed by atoms with Crippen molar-refractivity contribution in [2.75, 3.05) is 12.4 Å². The minimum atomic E-state index is -0.489. The minimum absolute atomic E-state index is 0.122. The molecule has 1 atom stereocenters. The van der Waals surface area contributed by atoms with Crippen LogP contribution in [0.4, 0.5) is 5.82 Å². The number of hydrogen-bond donors (Lipinski definition) is 3. The zero-order chi connectivity index (χ0) is 15.3. The number of H-pyrrole nitrogens is 2. The summed E-state index contributed by atoms with van der Waals surface area (Å²) in [7, 11) is 1.32. The molecule has 22 heavy (non-hydrogen) atoms. The second kappa shape index (κ2) is 4.69. The lowest BCUT2D eigenvalue weighted by molar-refractivity contribution is -0.116. The molecule has 1 aliphatic carbocycles. The molecule has 8 heteroatoms. The van der Waals surface area contributed by atoms with E-state index in [9.17, 15) is 9.59 Å². The topological polar surface area (TPSA) is 113 Å². The number of carbonyl (C=O) groups excluding carboxylic acids is 2. The maximum Gasteiger partial charge on any atom is 0.356 e. The molecule has 3 heterocycles. The van der Waals surface area contributed by atoms with E-state index in [1.807, 2.05) is 0 Å². The molecule has 3 N–H and O–H groups in total. The normalized spacial score (nSPS) is 20.4. The lowest BCUT2D eigenvalue weighted by Gasteiger charge is -2.22. The second-order valence-electron chi connectivity index (χ2n) is 5.67. The largest absolute Gasteiger partial charge is 0.464 e. The molecular weight excluding hydrogens is 286 g/mol. The first-order valence-electron chi connectivity index (χ1n) is 7.18. The van der Waals surface area contributed by atoms with E-state index in [-0.39, 0.29) is 23.9 Å². The van der Waals surface area contributed by atoms with Crippen molar-refractivity contribution in [2.24, 2.45) is 0 Å². The fourth-order valence-corrected chi connectivity index (χ4v) is 3.06. The number of nitrogens with zero attached hydrogens (tertiary/aromatic N) is 2. The SMILES string of the molecule is COC(=O)c1[nH]ncc1C1CC(=O)Nc2n[nH]c(C3CC3)c21. The van der Waals surface area contributed by atoms with Gasteiger partial charge in [-0.3, -0.25) is 15.0 Å². The van der Waals surface area contributed by atoms with Crippen molar-refractivity contribution in [3.63, 3.8) is 0 Å². The predicted octanol–water partition coefficient (Wildman–Crippen LogP) is 1.27. The van der Waals surface area contributed by atoms with Gasteiger partial charge in [-0.15, -0.1) is 0 Å². The third kappa shape index (κ3) is 1.91. The van der Waals surface area contributed by atoms with Gasteiger partial charge in [-0.25, -0.2) is 4.79 Å². The van der Waals surface area contributed by atoms with E-state index in [1.54, 1.807) is 6.20 Å². The van der Waals surface area contributed by atoms with E-state index in [0.717, 1.165) is 24.1 Å². The number of fused-ring (bicyclic) bond motifs is 1. The van der Waals surface area contributed by atoms with Gasteiger partial charge in [0.15, 0.2) is 5.82 Å². The highest BCUT2D eigenvalue weighted by molar-refractivity contribution is 5.96. The number of hydrogen-bond acceptors (Lipinski definition) is 5. The van der Waals surface area contributed by atoms with Crippen molar-refractivity contribution in [2.45, 2.75) is 31.1 Å². The van der Waals surface area contributed by atoms with Crippen LogP contribution in [0, 0.1) is 0 Å². The Morgan fingerprint density at radius 3 is 2.91 bits per heavy atom. The van der Waals surface area contributed by atoms with Gasteiger partial charge in [-0.2, -0.15) is 10.2 Å². The molecule has 0 saturated heterocycles. The van der Waals surface area contributed by atoms with Gasteiger partial charge in [-0.1, -0.05) is 0 Å². The molecule has 2 aromatic heterocycles. The molecule has 8 nitrogen and oxygen atoms in total. The molecule has 0 bridgehead atoms. The Morgan fingerprint density at radius 2 is 2.18 bits per heavy atom. The fourth-order valence-electron chi connectivity index (χ4n) is 3.06. The predicted molar refractivity (Wildman–Crippen MR) is 75.6 cm³/mol. The van der Waals surface area contributed by atoms with Crippen LogP contribution in [0.5, 0.6) is 0 Å². The highest BCUT2D eigenvalue weighted by atomic mass is 16.5. The Kier molecular flexibility index (Phi) is 2.78. The van der Waals surface area contributed by atoms with E-state index in [0.29, 0.717) is 17.3 Å². The molecule has 1 aliphatic heterocycles. The Labute approximate surface area is 125 Å². The van der Waals surface area contributed by atoms with Crippen molar-refractivity contribution in [1.82, 2.24) is 20.4 Å². The van der Waals surface area contributed by atoms with Crippen LogP contribution in [0.25, 0.3) is 0 Å². The van der Waals surface area contributed by atoms with Gasteiger partial charge in [0.05, 0.1) is 13.3 Å². The molecule has 4 rings (SSSR count). The maximum atomic E-state index is 12.0. The molecule has 114 valence electrons. The number of carbonyl (C=O) groups is 2. The van der Waals surface area contributed by atoms with Crippen LogP contribution in [0.1, 0.15) is 58.4 Å². The lowest BCUT2D eigenvalue weighted by atomic mass is 9.85. The summed E-state index contributed by atoms with van der Waals surface area (Å²) in [5.41, 5.74) is 2.98. The van der Waals surface area contributed by atoms with Gasteiger partial charge in [0.25, 0.3) is 0 Å². The summed E-state index contributed by atoms with van der Waals surface area (Å²) in [6.07, 6.45) is 4.08. The van der Waals surface area contributed by atoms with Crippen LogP contribution in [0.15, 0.2) is 6.20 Å². The van der Waals surface area contributed by atoms with Crippen molar-refractivity contribution < 1.29 is 14.3 Å². The lowest BCUT2D eigenvalue weighted by Crippen LogP contribution is -2.24. The van der Waals surface area contributed by atoms with E-state index in [2.05, 4.69) is 25.7 Å². The first-order chi connectivity index (χ1) is 10.7. The number of aromatic amines is 2. The molecule has 1 saturated carbocycles. The number of methoxy groups -OCH3 is 1. The summed E-state index contributed by atoms with van der Waals surface area (Å²) in [5.74, 6) is 0.160. The molecule has 1 fully saturated rings. The molecule has 0 spiro atoms. The van der Waals surface area contributed by atoms with Gasteiger partial charge in [0, 0.05) is 35.1 Å². The monoisotopic (exact) mass is 301 g/mol. The van der Waals surface area contributed by atoms with E-state index < -0.39 is 5.97 Å². The summed E-state index contributed by atoms with van der Waals surface area (Å²) >= 11 is 0. The Bertz CT molecular complexity index is 758. The Hall–Kier alpha value is -2.64. The quantitative estimate of drug-likeness (QED) is 0.739. The van der Waals surface area contributed by atoms with Gasteiger partial charge < -0.3 is 10.1 Å². The Balaban J connectivity index is 1.83. The van der Waals surface area contributed by atoms with Crippen LogP contribution in [0.3, 0.4) is 0 Å². The van der Waals surface area contributed by atoms with Crippen LogP contribution in [-0.4, -0.2) is 39.4 Å². The van der Waals surface area contributed by atoms with Gasteiger partial charge in [0.1, 0.15) is 5.69 Å². The molecule has 1 unspecified atom stereocenters. The third-order valence-corrected chi connectivity index (χ3v) is 4.25. The minimum Gasteiger partial charge on any atom is -0.464 e. The standard InChI is InChI=1S/C14H15N5O3/c1-22-14(21)12-8(5-15-17-12)7-4-9(20)16-13-10(7)11(18-19-13)6-2-3-6/h5-7H,2-4H2,1H3,(H,15,17)(H2,16,18,19,20). The highest BCUT2D eigenvalue weighted by Crippen LogP contribution is 2.47. The second-order valence-corrected chi connectivity index (χ2v) is 5.67. The molecule has 0 aromatic carbocycles. The number of aromatic nitrogens is 4. The third-order valence-electron chi connectivity index (χ3n) is 4.25. The number of esters is 1. The molecule has 2 aliphatic rings. The van der Waals surface area contributed by atoms with E-state index >= 15 is 0 Å². The summed E-state index contributed by atoms with van der Waals surface area (Å²) in [6.45, 7) is 0. The zero-order valence-corrected chi connectivity index (χ0v) is 12.0. The molecule has 0 radical (unpaired) electrons. The number of amides is 1. The number of nitrogens with one attached hydrogen (secondary N) is 3. The summed E-state index contributed by atoms with van der Waals surface area (Å²) in [6, 6.07) is 0. The Morgan fingerprint density at radius 1 is 1.36 bits per heavy atom. The van der Waals surface area contributed by atoms with Gasteiger partial charge in [-0.05, 0) is 12.8 Å². The van der Waals surface area contributed by atoms with Crippen molar-refractivity contribution in [1.29, 1.82) is 0 Å². The number of anilines is 1. The van der Waals surface area contributed by atoms with Crippen molar-refractivity contribution in [3.05, 3.63) is 28.7 Å². The fraction of sp³-hybridized carbons (Fsp3) is 0.429. The molecule has 2 aromatic rings. The average molecular weight is 301 g/mol. The maximum absolute atomic E-state index is 12.0. The van der Waals surface area contributed by atoms with Crippen molar-refractivity contribution >= 4 is 17.7 Å². The van der Waals surface area contributed by atoms with Crippen LogP contribution < -0.4 is 5.32 Å². The number of rotatable bonds is 3. The van der Waals surface area contributed by atoms with Gasteiger partial charge in [0.2, 0.25) is 5.91 Å². The summed E-state index contributed by atoms with van der Waals surface area (Å²) in [5, 5.41) is 16.7. The van der Waals surface area contributed by atoms with E-state index in [1.165, 1.54) is 7.11 Å². The van der Waals surface area contributed by atoms with Crippen LogP contribution in [-0.2, 0) is 9.53 Å². The number of ether oxygens (including phenoxy) is 1. The van der Waals surface area contributed by atoms with Gasteiger partial charge >= 0.3 is 5.97 Å². The van der Waals surface area contributed by atoms with Crippen molar-refractivity contribution in [3.8, 4) is 0 Å². The first-order valence-corrected chi connectivity index (χ1v) is 7.18. The average Bonchev–Trinajstić information content (AvgIpc) is 3.09. The highest BCUT2D eigenvalue weighted by Gasteiger charge is 2.38. The molecular formula is C14H15N5O3. The zero-order valence-electron chi connectivity index (χ0n) is 12.0. The summed E-state index contributed by atoms with van der Waals surface area (Å²) in [4.78, 5) is 23.8. The van der Waals surface area contributed by atoms with Crippen LogP contribution >= 0.6 is 0 Å². The van der Waals surface area contributed by atoms with Crippen LogP contribution in [0.2, 0.25) is 0 Å². The summed E-state index contributed by atoms with van der Waals surface area (Å²) < 4.78 is 4.78. The van der Waals surface area contributed by atoms with E-state index in [4.69, 9.17) is 4.74 Å². The first kappa shape index (κ1) is 13.1. The smallest absolute Gasteiger partial charge is 0.356 e. The molecule has 1 amide bonds.